The zero-order chi connectivity index (χ0) is 21.6. The van der Waals surface area contributed by atoms with E-state index in [0.29, 0.717) is 17.2 Å². The third-order valence-electron chi connectivity index (χ3n) is 5.00. The Morgan fingerprint density at radius 1 is 0.839 bits per heavy atom. The quantitative estimate of drug-likeness (QED) is 0.410. The van der Waals surface area contributed by atoms with Gasteiger partial charge in [0.25, 0.3) is 5.91 Å². The highest BCUT2D eigenvalue weighted by molar-refractivity contribution is 6.04. The molecule has 0 atom stereocenters. The van der Waals surface area contributed by atoms with Gasteiger partial charge in [0.1, 0.15) is 5.82 Å². The molecule has 0 saturated carbocycles. The molecule has 0 aliphatic rings. The van der Waals surface area contributed by atoms with E-state index in [0.717, 1.165) is 23.4 Å². The molecule has 1 heterocycles. The molecular formula is C26H24N4O. The number of carbonyl (C=O) groups is 1. The van der Waals surface area contributed by atoms with Gasteiger partial charge < -0.3 is 10.6 Å². The first-order valence-electron chi connectivity index (χ1n) is 10.3. The van der Waals surface area contributed by atoms with Crippen LogP contribution in [-0.4, -0.2) is 15.9 Å². The summed E-state index contributed by atoms with van der Waals surface area (Å²) in [7, 11) is 0. The van der Waals surface area contributed by atoms with Crippen molar-refractivity contribution in [1.82, 2.24) is 9.97 Å². The number of anilines is 3. The number of hydrogen-bond acceptors (Lipinski definition) is 4. The molecule has 154 valence electrons. The van der Waals surface area contributed by atoms with Crippen molar-refractivity contribution in [2.75, 3.05) is 10.6 Å². The van der Waals surface area contributed by atoms with E-state index >= 15 is 0 Å². The van der Waals surface area contributed by atoms with E-state index in [1.165, 1.54) is 11.1 Å². The number of rotatable bonds is 6. The van der Waals surface area contributed by atoms with Crippen molar-refractivity contribution < 1.29 is 4.79 Å². The molecule has 31 heavy (non-hydrogen) atoms. The van der Waals surface area contributed by atoms with Crippen LogP contribution >= 0.6 is 0 Å². The molecule has 0 saturated heterocycles. The van der Waals surface area contributed by atoms with Crippen LogP contribution in [0, 0.1) is 6.92 Å². The molecular weight excluding hydrogens is 384 g/mol. The van der Waals surface area contributed by atoms with E-state index in [4.69, 9.17) is 0 Å². The second kappa shape index (κ2) is 9.22. The van der Waals surface area contributed by atoms with Crippen LogP contribution in [0.1, 0.15) is 28.4 Å². The monoisotopic (exact) mass is 408 g/mol. The molecule has 0 aliphatic heterocycles. The standard InChI is InChI=1S/C26H24N4O/c1-3-19-6-12-23(13-7-19)29-26(31)21-10-14-22(15-11-21)28-24-16-17-27-25(30-24)20-8-4-18(2)5-9-20/h4-17H,3H2,1-2H3,(H,29,31)(H,27,28,30). The highest BCUT2D eigenvalue weighted by Gasteiger charge is 2.07. The highest BCUT2D eigenvalue weighted by atomic mass is 16.1. The Bertz CT molecular complexity index is 1170. The third-order valence-corrected chi connectivity index (χ3v) is 5.00. The third kappa shape index (κ3) is 5.14. The minimum Gasteiger partial charge on any atom is -0.340 e. The van der Waals surface area contributed by atoms with Gasteiger partial charge in [-0.2, -0.15) is 0 Å². The summed E-state index contributed by atoms with van der Waals surface area (Å²) < 4.78 is 0. The molecule has 0 bridgehead atoms. The first-order chi connectivity index (χ1) is 15.1. The van der Waals surface area contributed by atoms with Crippen molar-refractivity contribution >= 4 is 23.1 Å². The fourth-order valence-electron chi connectivity index (χ4n) is 3.15. The second-order valence-electron chi connectivity index (χ2n) is 7.34. The number of nitrogens with zero attached hydrogens (tertiary/aromatic N) is 2. The summed E-state index contributed by atoms with van der Waals surface area (Å²) >= 11 is 0. The first-order valence-corrected chi connectivity index (χ1v) is 10.3. The number of amides is 1. The number of aryl methyl sites for hydroxylation is 2. The molecule has 2 N–H and O–H groups in total. The molecule has 4 aromatic rings. The average molecular weight is 409 g/mol. The van der Waals surface area contributed by atoms with Crippen molar-refractivity contribution in [2.24, 2.45) is 0 Å². The van der Waals surface area contributed by atoms with Crippen molar-refractivity contribution in [3.63, 3.8) is 0 Å². The predicted molar refractivity (Wildman–Crippen MR) is 126 cm³/mol. The summed E-state index contributed by atoms with van der Waals surface area (Å²) in [5.74, 6) is 1.22. The van der Waals surface area contributed by atoms with Gasteiger partial charge in [-0.15, -0.1) is 0 Å². The van der Waals surface area contributed by atoms with Gasteiger partial charge in [-0.25, -0.2) is 9.97 Å². The Morgan fingerprint density at radius 3 is 2.19 bits per heavy atom. The largest absolute Gasteiger partial charge is 0.340 e. The van der Waals surface area contributed by atoms with Crippen LogP contribution in [0.3, 0.4) is 0 Å². The topological polar surface area (TPSA) is 66.9 Å². The number of aromatic nitrogens is 2. The van der Waals surface area contributed by atoms with E-state index in [1.807, 2.05) is 66.7 Å². The molecule has 4 rings (SSSR count). The van der Waals surface area contributed by atoms with Crippen molar-refractivity contribution in [1.29, 1.82) is 0 Å². The van der Waals surface area contributed by atoms with Gasteiger partial charge in [0.05, 0.1) is 0 Å². The van der Waals surface area contributed by atoms with Gasteiger partial charge in [0, 0.05) is 28.7 Å². The van der Waals surface area contributed by atoms with E-state index in [2.05, 4.69) is 34.4 Å². The Balaban J connectivity index is 1.43. The number of carbonyl (C=O) groups excluding carboxylic acids is 1. The van der Waals surface area contributed by atoms with Crippen molar-refractivity contribution in [3.05, 3.63) is 102 Å². The smallest absolute Gasteiger partial charge is 0.255 e. The Kier molecular flexibility index (Phi) is 6.03. The molecule has 0 spiro atoms. The van der Waals surface area contributed by atoms with Crippen LogP contribution in [0.5, 0.6) is 0 Å². The average Bonchev–Trinajstić information content (AvgIpc) is 2.81. The lowest BCUT2D eigenvalue weighted by atomic mass is 10.1. The van der Waals surface area contributed by atoms with Crippen molar-refractivity contribution in [3.8, 4) is 11.4 Å². The van der Waals surface area contributed by atoms with Gasteiger partial charge in [0.15, 0.2) is 5.82 Å². The molecule has 1 amide bonds. The van der Waals surface area contributed by atoms with Gasteiger partial charge in [-0.05, 0) is 61.4 Å². The maximum atomic E-state index is 12.5. The normalized spacial score (nSPS) is 10.5. The molecule has 5 nitrogen and oxygen atoms in total. The summed E-state index contributed by atoms with van der Waals surface area (Å²) in [5.41, 5.74) is 5.62. The number of nitrogens with one attached hydrogen (secondary N) is 2. The molecule has 5 heteroatoms. The van der Waals surface area contributed by atoms with E-state index in [-0.39, 0.29) is 5.91 Å². The molecule has 3 aromatic carbocycles. The molecule has 1 aromatic heterocycles. The van der Waals surface area contributed by atoms with Crippen LogP contribution in [0.2, 0.25) is 0 Å². The van der Waals surface area contributed by atoms with Crippen LogP contribution in [0.15, 0.2) is 85.1 Å². The van der Waals surface area contributed by atoms with Crippen LogP contribution in [0.4, 0.5) is 17.2 Å². The summed E-state index contributed by atoms with van der Waals surface area (Å²) in [6.07, 6.45) is 2.71. The SMILES string of the molecule is CCc1ccc(NC(=O)c2ccc(Nc3ccnc(-c4ccc(C)cc4)n3)cc2)cc1. The van der Waals surface area contributed by atoms with Gasteiger partial charge >= 0.3 is 0 Å². The van der Waals surface area contributed by atoms with Crippen molar-refractivity contribution in [2.45, 2.75) is 20.3 Å². The molecule has 0 fully saturated rings. The van der Waals surface area contributed by atoms with E-state index in [1.54, 1.807) is 18.3 Å². The molecule has 0 unspecified atom stereocenters. The Hall–Kier alpha value is -3.99. The maximum Gasteiger partial charge on any atom is 0.255 e. The molecule has 0 radical (unpaired) electrons. The van der Waals surface area contributed by atoms with Crippen LogP contribution in [0.25, 0.3) is 11.4 Å². The Morgan fingerprint density at radius 2 is 1.52 bits per heavy atom. The lowest BCUT2D eigenvalue weighted by Crippen LogP contribution is -2.11. The fourth-order valence-corrected chi connectivity index (χ4v) is 3.15. The maximum absolute atomic E-state index is 12.5. The fraction of sp³-hybridized carbons (Fsp3) is 0.115. The Labute approximate surface area is 182 Å². The summed E-state index contributed by atoms with van der Waals surface area (Å²) in [6.45, 7) is 4.16. The zero-order valence-corrected chi connectivity index (χ0v) is 17.6. The molecule has 0 aliphatic carbocycles. The van der Waals surface area contributed by atoms with E-state index < -0.39 is 0 Å². The lowest BCUT2D eigenvalue weighted by Gasteiger charge is -2.09. The van der Waals surface area contributed by atoms with Gasteiger partial charge in [-0.3, -0.25) is 4.79 Å². The minimum atomic E-state index is -0.139. The first kappa shape index (κ1) is 20.3. The van der Waals surface area contributed by atoms with Gasteiger partial charge in [-0.1, -0.05) is 48.9 Å². The highest BCUT2D eigenvalue weighted by Crippen LogP contribution is 2.20. The second-order valence-corrected chi connectivity index (χ2v) is 7.34. The summed E-state index contributed by atoms with van der Waals surface area (Å²) in [4.78, 5) is 21.5. The number of benzene rings is 3. The van der Waals surface area contributed by atoms with Crippen LogP contribution < -0.4 is 10.6 Å². The van der Waals surface area contributed by atoms with E-state index in [9.17, 15) is 4.79 Å². The lowest BCUT2D eigenvalue weighted by molar-refractivity contribution is 0.102. The predicted octanol–water partition coefficient (Wildman–Crippen LogP) is 6.01. The minimum absolute atomic E-state index is 0.139. The van der Waals surface area contributed by atoms with Crippen LogP contribution in [-0.2, 0) is 6.42 Å². The number of hydrogen-bond donors (Lipinski definition) is 2. The van der Waals surface area contributed by atoms with Gasteiger partial charge in [0.2, 0.25) is 0 Å². The zero-order valence-electron chi connectivity index (χ0n) is 17.6. The summed E-state index contributed by atoms with van der Waals surface area (Å²) in [5, 5.41) is 6.20. The summed E-state index contributed by atoms with van der Waals surface area (Å²) in [6, 6.07) is 25.1.